The first-order valence-corrected chi connectivity index (χ1v) is 28.2. The molecule has 372 valence electrons. The number of para-hydroxylation sites is 3. The van der Waals surface area contributed by atoms with Gasteiger partial charge in [0.2, 0.25) is 0 Å². The lowest BCUT2D eigenvalue weighted by atomic mass is 10.1. The Morgan fingerprint density at radius 1 is 0.366 bits per heavy atom. The Bertz CT molecular complexity index is 2780. The highest BCUT2D eigenvalue weighted by Gasteiger charge is 2.40. The summed E-state index contributed by atoms with van der Waals surface area (Å²) in [7, 11) is -9.78. The van der Waals surface area contributed by atoms with Crippen LogP contribution >= 0.6 is 23.9 Å². The number of phosphoric acid groups is 1. The largest absolute Gasteiger partial charge is 0.647 e. The lowest BCUT2D eigenvalue weighted by molar-refractivity contribution is 0.133. The van der Waals surface area contributed by atoms with Crippen LogP contribution in [0.4, 0.5) is 0 Å². The Morgan fingerprint density at radius 3 is 0.887 bits per heavy atom. The molecule has 10 nitrogen and oxygen atoms in total. The maximum atomic E-state index is 14.7. The second-order valence-electron chi connectivity index (χ2n) is 17.9. The maximum Gasteiger partial charge on any atom is 0.647 e. The second-order valence-corrected chi connectivity index (χ2v) is 22.7. The molecule has 7 aromatic rings. The van der Waals surface area contributed by atoms with Crippen LogP contribution in [0.1, 0.15) is 86.8 Å². The van der Waals surface area contributed by atoms with E-state index in [1.165, 1.54) is 0 Å². The van der Waals surface area contributed by atoms with Crippen molar-refractivity contribution in [3.05, 3.63) is 185 Å². The lowest BCUT2D eigenvalue weighted by Crippen LogP contribution is -2.32. The first kappa shape index (κ1) is 52.6. The number of ether oxygens (including phenoxy) is 2. The van der Waals surface area contributed by atoms with Crippen LogP contribution in [0.25, 0.3) is 22.3 Å². The van der Waals surface area contributed by atoms with Crippen LogP contribution in [0, 0.1) is 41.5 Å². The van der Waals surface area contributed by atoms with Crippen LogP contribution in [0.15, 0.2) is 152 Å². The Labute approximate surface area is 421 Å². The van der Waals surface area contributed by atoms with Crippen molar-refractivity contribution >= 4 is 23.9 Å². The highest BCUT2D eigenvalue weighted by molar-refractivity contribution is 7.49. The second kappa shape index (κ2) is 22.9. The molecule has 7 aromatic carbocycles. The number of phosphoric ester groups is 1. The van der Waals surface area contributed by atoms with Gasteiger partial charge in [0, 0.05) is 0 Å². The summed E-state index contributed by atoms with van der Waals surface area (Å²) in [5.74, 6) is 3.39. The van der Waals surface area contributed by atoms with E-state index in [4.69, 9.17) is 32.1 Å². The molecule has 0 bridgehead atoms. The summed E-state index contributed by atoms with van der Waals surface area (Å²) >= 11 is 0. The summed E-state index contributed by atoms with van der Waals surface area (Å²) < 4.78 is 86.1. The standard InChI is InChI=1S/C58H65O10P3/c1-11-57(12-2,62-54-40(5)18-15-19-41(54)6)69(59)64-50-32-24-46(25-33-50)48-28-36-52(37-29-48)66-71(61,68-56-44(9)22-17-23-45(56)10)67-53-38-30-49(31-39-53)47-26-34-51(35-27-47)65-70(60)58(13-3,14-4)63-55-42(7)20-16-21-43(55)8/h15-39,69-70H,11-14H2,1-10H3. The van der Waals surface area contributed by atoms with E-state index in [9.17, 15) is 13.7 Å². The molecule has 7 rings (SSSR count). The summed E-state index contributed by atoms with van der Waals surface area (Å²) in [4.78, 5) is 0. The zero-order valence-corrected chi connectivity index (χ0v) is 45.2. The smallest absolute Gasteiger partial charge is 0.476 e. The molecule has 71 heavy (non-hydrogen) atoms. The fourth-order valence-corrected chi connectivity index (χ4v) is 12.4. The Kier molecular flexibility index (Phi) is 17.0. The van der Waals surface area contributed by atoms with Gasteiger partial charge in [-0.3, -0.25) is 9.13 Å². The molecule has 0 radical (unpaired) electrons. The van der Waals surface area contributed by atoms with Crippen LogP contribution in [0.5, 0.6) is 40.2 Å². The van der Waals surface area contributed by atoms with Crippen LogP contribution < -0.4 is 32.1 Å². The van der Waals surface area contributed by atoms with E-state index in [-0.39, 0.29) is 11.5 Å². The number of hydrogen-bond acceptors (Lipinski definition) is 10. The molecule has 0 heterocycles. The first-order valence-electron chi connectivity index (χ1n) is 24.1. The van der Waals surface area contributed by atoms with Gasteiger partial charge < -0.3 is 32.1 Å². The monoisotopic (exact) mass is 1010 g/mol. The van der Waals surface area contributed by atoms with Gasteiger partial charge >= 0.3 is 7.82 Å². The minimum atomic E-state index is -4.36. The molecule has 0 fully saturated rings. The van der Waals surface area contributed by atoms with E-state index in [1.807, 2.05) is 172 Å². The number of rotatable bonds is 22. The van der Waals surface area contributed by atoms with Gasteiger partial charge in [0.25, 0.3) is 16.1 Å². The minimum Gasteiger partial charge on any atom is -0.476 e. The van der Waals surface area contributed by atoms with Gasteiger partial charge in [0.15, 0.2) is 10.7 Å². The van der Waals surface area contributed by atoms with E-state index in [2.05, 4.69) is 0 Å². The molecule has 0 saturated heterocycles. The van der Waals surface area contributed by atoms with Gasteiger partial charge in [-0.1, -0.05) is 131 Å². The normalized spacial score (nSPS) is 13.3. The fourth-order valence-electron chi connectivity index (χ4n) is 8.38. The quantitative estimate of drug-likeness (QED) is 0.0608. The zero-order chi connectivity index (χ0) is 50.9. The molecule has 0 spiro atoms. The summed E-state index contributed by atoms with van der Waals surface area (Å²) in [5, 5.41) is -1.92. The third kappa shape index (κ3) is 12.3. The molecule has 0 aliphatic rings. The van der Waals surface area contributed by atoms with Gasteiger partial charge in [-0.2, -0.15) is 4.57 Å². The SMILES string of the molecule is CCC(CC)(Oc1c(C)cccc1C)[PH](=O)Oc1ccc(-c2ccc(OP(=O)(Oc3ccc(-c4ccc(O[PH](=O)C(CC)(CC)Oc5c(C)cccc5C)cc4)cc3)Oc3c(C)cccc3C)cc2)cc1. The van der Waals surface area contributed by atoms with Crippen molar-refractivity contribution in [1.82, 2.24) is 0 Å². The highest BCUT2D eigenvalue weighted by atomic mass is 31.2. The molecular formula is C58H65O10P3. The van der Waals surface area contributed by atoms with E-state index in [0.29, 0.717) is 42.9 Å². The molecule has 0 N–H and O–H groups in total. The maximum absolute atomic E-state index is 14.7. The molecule has 0 amide bonds. The summed E-state index contributed by atoms with van der Waals surface area (Å²) in [6.07, 6.45) is 2.08. The fraction of sp³-hybridized carbons (Fsp3) is 0.276. The number of hydrogen-bond donors (Lipinski definition) is 0. The summed E-state index contributed by atoms with van der Waals surface area (Å²) in [6, 6.07) is 46.6. The van der Waals surface area contributed by atoms with Gasteiger partial charge in [-0.25, -0.2) is 0 Å². The van der Waals surface area contributed by atoms with E-state index < -0.39 is 34.6 Å². The molecule has 0 aromatic heterocycles. The predicted octanol–water partition coefficient (Wildman–Crippen LogP) is 17.4. The minimum absolute atomic E-state index is 0.273. The average Bonchev–Trinajstić information content (AvgIpc) is 3.36. The van der Waals surface area contributed by atoms with Gasteiger partial charge in [-0.15, -0.1) is 0 Å². The van der Waals surface area contributed by atoms with E-state index >= 15 is 0 Å². The molecule has 2 atom stereocenters. The van der Waals surface area contributed by atoms with E-state index in [1.54, 1.807) is 48.5 Å². The number of aryl methyl sites for hydroxylation is 6. The van der Waals surface area contributed by atoms with Gasteiger partial charge in [0.1, 0.15) is 40.2 Å². The van der Waals surface area contributed by atoms with Crippen molar-refractivity contribution < 1.29 is 45.8 Å². The van der Waals surface area contributed by atoms with Crippen molar-refractivity contribution in [2.45, 2.75) is 106 Å². The van der Waals surface area contributed by atoms with Crippen molar-refractivity contribution in [2.24, 2.45) is 0 Å². The molecular weight excluding hydrogens is 950 g/mol. The highest BCUT2D eigenvalue weighted by Crippen LogP contribution is 2.53. The summed E-state index contributed by atoms with van der Waals surface area (Å²) in [6.45, 7) is 19.6. The molecule has 0 saturated carbocycles. The van der Waals surface area contributed by atoms with Crippen LogP contribution in [-0.2, 0) is 13.7 Å². The first-order chi connectivity index (χ1) is 34.0. The topological polar surface area (TPSA) is 116 Å². The predicted molar refractivity (Wildman–Crippen MR) is 288 cm³/mol. The molecule has 0 aliphatic heterocycles. The molecule has 0 aliphatic carbocycles. The van der Waals surface area contributed by atoms with Crippen LogP contribution in [0.3, 0.4) is 0 Å². The third-order valence-corrected chi connectivity index (χ3v) is 18.2. The lowest BCUT2D eigenvalue weighted by Gasteiger charge is -2.33. The van der Waals surface area contributed by atoms with Crippen molar-refractivity contribution in [2.75, 3.05) is 0 Å². The van der Waals surface area contributed by atoms with Crippen molar-refractivity contribution in [3.63, 3.8) is 0 Å². The third-order valence-electron chi connectivity index (χ3n) is 13.0. The number of benzene rings is 7. The Balaban J connectivity index is 1.03. The average molecular weight is 1020 g/mol. The molecule has 13 heteroatoms. The zero-order valence-electron chi connectivity index (χ0n) is 42.3. The van der Waals surface area contributed by atoms with Crippen LogP contribution in [0.2, 0.25) is 0 Å². The van der Waals surface area contributed by atoms with E-state index in [0.717, 1.165) is 67.1 Å². The Morgan fingerprint density at radius 2 is 0.620 bits per heavy atom. The van der Waals surface area contributed by atoms with Gasteiger partial charge in [0.05, 0.1) is 0 Å². The van der Waals surface area contributed by atoms with Crippen LogP contribution in [-0.4, -0.2) is 10.7 Å². The summed E-state index contributed by atoms with van der Waals surface area (Å²) in [5.41, 5.74) is 8.96. The van der Waals surface area contributed by atoms with Gasteiger partial charge in [-0.05, 0) is 171 Å². The Hall–Kier alpha value is -6.17. The van der Waals surface area contributed by atoms with Crippen molar-refractivity contribution in [3.8, 4) is 62.5 Å². The van der Waals surface area contributed by atoms with Crippen molar-refractivity contribution in [1.29, 1.82) is 0 Å². The molecule has 2 unspecified atom stereocenters.